The highest BCUT2D eigenvalue weighted by atomic mass is 79.9. The van der Waals surface area contributed by atoms with Crippen LogP contribution in [-0.2, 0) is 9.59 Å². The number of carbonyl (C=O) groups is 2. The number of hydrogen-bond acceptors (Lipinski definition) is 2. The van der Waals surface area contributed by atoms with Gasteiger partial charge in [-0.3, -0.25) is 9.59 Å². The standard InChI is InChI=1S/C13H14BrNO2/c1-9-6-7-10(14)11(8-9)15-12(16)4-2-3-5-13(15)17/h6-8H,2-5H2,1H3. The lowest BCUT2D eigenvalue weighted by molar-refractivity contribution is -0.125. The molecule has 1 aromatic carbocycles. The summed E-state index contributed by atoms with van der Waals surface area (Å²) in [6.07, 6.45) is 2.49. The van der Waals surface area contributed by atoms with Gasteiger partial charge in [-0.15, -0.1) is 0 Å². The van der Waals surface area contributed by atoms with Crippen molar-refractivity contribution in [3.05, 3.63) is 28.2 Å². The summed E-state index contributed by atoms with van der Waals surface area (Å²) in [6, 6.07) is 5.68. The van der Waals surface area contributed by atoms with Gasteiger partial charge in [0.2, 0.25) is 11.8 Å². The maximum Gasteiger partial charge on any atom is 0.233 e. The lowest BCUT2D eigenvalue weighted by atomic mass is 10.2. The molecule has 1 heterocycles. The number of hydrogen-bond donors (Lipinski definition) is 0. The molecule has 1 aromatic rings. The number of benzene rings is 1. The highest BCUT2D eigenvalue weighted by Gasteiger charge is 2.26. The minimum absolute atomic E-state index is 0.0983. The van der Waals surface area contributed by atoms with Crippen LogP contribution in [0.2, 0.25) is 0 Å². The van der Waals surface area contributed by atoms with E-state index in [-0.39, 0.29) is 11.8 Å². The maximum absolute atomic E-state index is 12.0. The van der Waals surface area contributed by atoms with Crippen molar-refractivity contribution < 1.29 is 9.59 Å². The van der Waals surface area contributed by atoms with E-state index >= 15 is 0 Å². The topological polar surface area (TPSA) is 37.4 Å². The number of aryl methyl sites for hydroxylation is 1. The van der Waals surface area contributed by atoms with Crippen molar-refractivity contribution in [2.24, 2.45) is 0 Å². The summed E-state index contributed by atoms with van der Waals surface area (Å²) in [6.45, 7) is 1.95. The summed E-state index contributed by atoms with van der Waals surface area (Å²) in [5.41, 5.74) is 1.70. The molecule has 4 heteroatoms. The Bertz CT molecular complexity index is 452. The Labute approximate surface area is 109 Å². The third-order valence-corrected chi connectivity index (χ3v) is 3.54. The van der Waals surface area contributed by atoms with Crippen LogP contribution in [0.3, 0.4) is 0 Å². The zero-order valence-corrected chi connectivity index (χ0v) is 11.3. The molecule has 2 amide bonds. The van der Waals surface area contributed by atoms with Crippen LogP contribution in [0.25, 0.3) is 0 Å². The predicted molar refractivity (Wildman–Crippen MR) is 69.8 cm³/mol. The smallest absolute Gasteiger partial charge is 0.233 e. The van der Waals surface area contributed by atoms with Crippen molar-refractivity contribution in [1.29, 1.82) is 0 Å². The highest BCUT2D eigenvalue weighted by Crippen LogP contribution is 2.30. The first-order chi connectivity index (χ1) is 8.09. The van der Waals surface area contributed by atoms with E-state index in [2.05, 4.69) is 15.9 Å². The van der Waals surface area contributed by atoms with Crippen molar-refractivity contribution >= 4 is 33.4 Å². The molecule has 1 aliphatic heterocycles. The third-order valence-electron chi connectivity index (χ3n) is 2.87. The molecule has 17 heavy (non-hydrogen) atoms. The Hall–Kier alpha value is -1.16. The van der Waals surface area contributed by atoms with Gasteiger partial charge in [-0.25, -0.2) is 4.90 Å². The third kappa shape index (κ3) is 2.57. The van der Waals surface area contributed by atoms with Crippen molar-refractivity contribution in [1.82, 2.24) is 0 Å². The number of rotatable bonds is 1. The van der Waals surface area contributed by atoms with Gasteiger partial charge in [0, 0.05) is 17.3 Å². The van der Waals surface area contributed by atoms with Gasteiger partial charge in [0.25, 0.3) is 0 Å². The Morgan fingerprint density at radius 1 is 1.12 bits per heavy atom. The number of carbonyl (C=O) groups excluding carboxylic acids is 2. The van der Waals surface area contributed by atoms with E-state index in [0.717, 1.165) is 22.9 Å². The normalized spacial score (nSPS) is 17.2. The van der Waals surface area contributed by atoms with E-state index in [0.29, 0.717) is 18.5 Å². The lowest BCUT2D eigenvalue weighted by Crippen LogP contribution is -2.35. The summed E-state index contributed by atoms with van der Waals surface area (Å²) < 4.78 is 0.784. The fourth-order valence-electron chi connectivity index (χ4n) is 1.98. The van der Waals surface area contributed by atoms with Gasteiger partial charge in [0.15, 0.2) is 0 Å². The molecule has 0 N–H and O–H groups in total. The Balaban J connectivity index is 2.45. The van der Waals surface area contributed by atoms with E-state index in [4.69, 9.17) is 0 Å². The van der Waals surface area contributed by atoms with E-state index in [1.165, 1.54) is 4.90 Å². The Morgan fingerprint density at radius 2 is 1.71 bits per heavy atom. The minimum Gasteiger partial charge on any atom is -0.274 e. The molecule has 3 nitrogen and oxygen atoms in total. The number of imide groups is 1. The average molecular weight is 296 g/mol. The summed E-state index contributed by atoms with van der Waals surface area (Å²) in [5.74, 6) is -0.197. The van der Waals surface area contributed by atoms with Gasteiger partial charge in [-0.1, -0.05) is 6.07 Å². The van der Waals surface area contributed by atoms with E-state index in [1.54, 1.807) is 0 Å². The number of anilines is 1. The molecule has 0 atom stereocenters. The molecule has 0 spiro atoms. The molecule has 1 saturated heterocycles. The van der Waals surface area contributed by atoms with E-state index < -0.39 is 0 Å². The Kier molecular flexibility index (Phi) is 3.62. The first-order valence-corrected chi connectivity index (χ1v) is 6.51. The molecule has 0 bridgehead atoms. The number of nitrogens with zero attached hydrogens (tertiary/aromatic N) is 1. The van der Waals surface area contributed by atoms with Gasteiger partial charge in [-0.05, 0) is 53.4 Å². The summed E-state index contributed by atoms with van der Waals surface area (Å²) in [4.78, 5) is 25.3. The zero-order valence-electron chi connectivity index (χ0n) is 9.70. The maximum atomic E-state index is 12.0. The zero-order chi connectivity index (χ0) is 12.4. The molecule has 2 rings (SSSR count). The SMILES string of the molecule is Cc1ccc(Br)c(N2C(=O)CCCCC2=O)c1. The second-order valence-electron chi connectivity index (χ2n) is 4.28. The fourth-order valence-corrected chi connectivity index (χ4v) is 2.40. The number of halogens is 1. The molecule has 90 valence electrons. The van der Waals surface area contributed by atoms with Crippen LogP contribution in [0.1, 0.15) is 31.2 Å². The molecule has 0 aliphatic carbocycles. The van der Waals surface area contributed by atoms with Gasteiger partial charge in [-0.2, -0.15) is 0 Å². The lowest BCUT2D eigenvalue weighted by Gasteiger charge is -2.20. The van der Waals surface area contributed by atoms with Crippen LogP contribution in [0, 0.1) is 6.92 Å². The monoisotopic (exact) mass is 295 g/mol. The molecule has 0 unspecified atom stereocenters. The van der Waals surface area contributed by atoms with Crippen LogP contribution in [-0.4, -0.2) is 11.8 Å². The van der Waals surface area contributed by atoms with E-state index in [1.807, 2.05) is 25.1 Å². The first kappa shape index (κ1) is 12.3. The molecule has 0 saturated carbocycles. The minimum atomic E-state index is -0.0983. The van der Waals surface area contributed by atoms with Crippen molar-refractivity contribution in [2.45, 2.75) is 32.6 Å². The molecular weight excluding hydrogens is 282 g/mol. The highest BCUT2D eigenvalue weighted by molar-refractivity contribution is 9.10. The van der Waals surface area contributed by atoms with Crippen LogP contribution in [0.4, 0.5) is 5.69 Å². The summed E-state index contributed by atoms with van der Waals surface area (Å²) in [5, 5.41) is 0. The van der Waals surface area contributed by atoms with Crippen molar-refractivity contribution in [3.8, 4) is 0 Å². The molecular formula is C13H14BrNO2. The van der Waals surface area contributed by atoms with Crippen LogP contribution in [0.15, 0.2) is 22.7 Å². The van der Waals surface area contributed by atoms with Crippen LogP contribution < -0.4 is 4.90 Å². The van der Waals surface area contributed by atoms with Crippen molar-refractivity contribution in [3.63, 3.8) is 0 Å². The van der Waals surface area contributed by atoms with Gasteiger partial charge in [0.1, 0.15) is 0 Å². The second kappa shape index (κ2) is 5.00. The number of amides is 2. The first-order valence-electron chi connectivity index (χ1n) is 5.71. The molecule has 1 aliphatic rings. The van der Waals surface area contributed by atoms with Gasteiger partial charge < -0.3 is 0 Å². The second-order valence-corrected chi connectivity index (χ2v) is 5.14. The van der Waals surface area contributed by atoms with Crippen LogP contribution >= 0.6 is 15.9 Å². The van der Waals surface area contributed by atoms with Crippen molar-refractivity contribution in [2.75, 3.05) is 4.90 Å². The molecule has 0 aromatic heterocycles. The average Bonchev–Trinajstić information content (AvgIpc) is 2.44. The summed E-state index contributed by atoms with van der Waals surface area (Å²) in [7, 11) is 0. The van der Waals surface area contributed by atoms with Crippen LogP contribution in [0.5, 0.6) is 0 Å². The Morgan fingerprint density at radius 3 is 2.29 bits per heavy atom. The molecule has 0 radical (unpaired) electrons. The van der Waals surface area contributed by atoms with E-state index in [9.17, 15) is 9.59 Å². The van der Waals surface area contributed by atoms with Gasteiger partial charge >= 0.3 is 0 Å². The molecule has 1 fully saturated rings. The predicted octanol–water partition coefficient (Wildman–Crippen LogP) is 3.19. The summed E-state index contributed by atoms with van der Waals surface area (Å²) >= 11 is 3.40. The fraction of sp³-hybridized carbons (Fsp3) is 0.385. The quantitative estimate of drug-likeness (QED) is 0.746. The van der Waals surface area contributed by atoms with Gasteiger partial charge in [0.05, 0.1) is 5.69 Å². The largest absolute Gasteiger partial charge is 0.274 e.